The zero-order valence-corrected chi connectivity index (χ0v) is 27.8. The SMILES string of the molecule is CC1c2cc3c(cc2C(C)(C)C/C=C\c2c1ccc1c2ccc2ccccc21)-c1c(cc2ccc4cccc5ccc1c2c45)C3(C)C. The fourth-order valence-corrected chi connectivity index (χ4v) is 9.46. The van der Waals surface area contributed by atoms with Gasteiger partial charge in [0.2, 0.25) is 0 Å². The summed E-state index contributed by atoms with van der Waals surface area (Å²) in [6, 6.07) is 42.1. The van der Waals surface area contributed by atoms with Gasteiger partial charge in [0.05, 0.1) is 0 Å². The maximum atomic E-state index is 2.62. The van der Waals surface area contributed by atoms with Gasteiger partial charge in [0, 0.05) is 11.3 Å². The number of hydrogen-bond donors (Lipinski definition) is 0. The molecule has 0 saturated heterocycles. The summed E-state index contributed by atoms with van der Waals surface area (Å²) < 4.78 is 0. The second kappa shape index (κ2) is 9.11. The van der Waals surface area contributed by atoms with Crippen LogP contribution in [0.3, 0.4) is 0 Å². The molecule has 0 aromatic heterocycles. The van der Waals surface area contributed by atoms with Crippen LogP contribution in [-0.2, 0) is 10.8 Å². The predicted octanol–water partition coefficient (Wildman–Crippen LogP) is 13.0. The molecule has 0 nitrogen and oxygen atoms in total. The van der Waals surface area contributed by atoms with Crippen LogP contribution >= 0.6 is 0 Å². The molecule has 1 atom stereocenters. The van der Waals surface area contributed by atoms with Crippen molar-refractivity contribution in [2.75, 3.05) is 0 Å². The lowest BCUT2D eigenvalue weighted by Gasteiger charge is -2.31. The molecule has 0 heterocycles. The molecule has 8 aromatic carbocycles. The van der Waals surface area contributed by atoms with Crippen molar-refractivity contribution in [1.82, 2.24) is 0 Å². The minimum Gasteiger partial charge on any atom is -0.0830 e. The van der Waals surface area contributed by atoms with Crippen LogP contribution < -0.4 is 0 Å². The van der Waals surface area contributed by atoms with E-state index in [2.05, 4.69) is 156 Å². The monoisotopic (exact) mass is 602 g/mol. The standard InChI is InChI=1S/C47H38/c1-27-32-21-22-35-33-13-7-6-10-28(33)17-19-36(35)34(32)14-9-23-46(2,3)40-26-39-41(25-38(27)40)47(4,5)42-24-31-16-15-29-11-8-12-30-18-20-37(45(39)42)44(31)43(29)30/h6-22,24-27H,23H2,1-5H3/b14-9-. The minimum atomic E-state index is -0.101. The number of hydrogen-bond acceptors (Lipinski definition) is 0. The third-order valence-corrected chi connectivity index (χ3v) is 12.0. The molecule has 0 bridgehead atoms. The van der Waals surface area contributed by atoms with E-state index < -0.39 is 0 Å². The molecule has 0 N–H and O–H groups in total. The van der Waals surface area contributed by atoms with Gasteiger partial charge in [-0.1, -0.05) is 144 Å². The van der Waals surface area contributed by atoms with E-state index in [0.29, 0.717) is 0 Å². The third kappa shape index (κ3) is 3.54. The van der Waals surface area contributed by atoms with E-state index in [-0.39, 0.29) is 16.7 Å². The molecule has 0 spiro atoms. The van der Waals surface area contributed by atoms with Crippen molar-refractivity contribution in [3.05, 3.63) is 149 Å². The normalized spacial score (nSPS) is 18.5. The summed E-state index contributed by atoms with van der Waals surface area (Å²) in [5, 5.41) is 13.5. The Morgan fingerprint density at radius 2 is 1.23 bits per heavy atom. The Hall–Kier alpha value is -4.94. The predicted molar refractivity (Wildman–Crippen MR) is 203 cm³/mol. The maximum Gasteiger partial charge on any atom is 0.0159 e. The molecular weight excluding hydrogens is 565 g/mol. The topological polar surface area (TPSA) is 0 Å². The molecule has 0 fully saturated rings. The Morgan fingerprint density at radius 1 is 0.532 bits per heavy atom. The van der Waals surface area contributed by atoms with Crippen LogP contribution in [0, 0.1) is 0 Å². The lowest BCUT2D eigenvalue weighted by Crippen LogP contribution is -2.21. The van der Waals surface area contributed by atoms with Gasteiger partial charge in [0.1, 0.15) is 0 Å². The zero-order chi connectivity index (χ0) is 31.8. The molecule has 1 unspecified atom stereocenters. The second-order valence-electron chi connectivity index (χ2n) is 15.4. The van der Waals surface area contributed by atoms with Crippen molar-refractivity contribution in [1.29, 1.82) is 0 Å². The van der Waals surface area contributed by atoms with E-state index in [9.17, 15) is 0 Å². The van der Waals surface area contributed by atoms with Gasteiger partial charge in [-0.15, -0.1) is 0 Å². The third-order valence-electron chi connectivity index (χ3n) is 12.0. The highest BCUT2D eigenvalue weighted by Gasteiger charge is 2.40. The average Bonchev–Trinajstić information content (AvgIpc) is 3.32. The summed E-state index contributed by atoms with van der Waals surface area (Å²) in [4.78, 5) is 0. The van der Waals surface area contributed by atoms with Crippen molar-refractivity contribution in [3.63, 3.8) is 0 Å². The van der Waals surface area contributed by atoms with E-state index in [1.165, 1.54) is 98.4 Å². The highest BCUT2D eigenvalue weighted by atomic mass is 14.4. The first-order valence-electron chi connectivity index (χ1n) is 17.2. The van der Waals surface area contributed by atoms with E-state index >= 15 is 0 Å². The first-order chi connectivity index (χ1) is 22.7. The lowest BCUT2D eigenvalue weighted by molar-refractivity contribution is 0.527. The van der Waals surface area contributed by atoms with Crippen molar-refractivity contribution in [2.24, 2.45) is 0 Å². The van der Waals surface area contributed by atoms with Crippen molar-refractivity contribution >= 4 is 59.9 Å². The zero-order valence-electron chi connectivity index (χ0n) is 27.8. The molecule has 0 heteroatoms. The van der Waals surface area contributed by atoms with Gasteiger partial charge in [-0.05, 0) is 122 Å². The fraction of sp³-hybridized carbons (Fsp3) is 0.191. The van der Waals surface area contributed by atoms with Crippen molar-refractivity contribution < 1.29 is 0 Å². The van der Waals surface area contributed by atoms with Crippen molar-refractivity contribution in [3.8, 4) is 11.1 Å². The summed E-state index contributed by atoms with van der Waals surface area (Å²) in [7, 11) is 0. The first kappa shape index (κ1) is 27.2. The molecule has 0 amide bonds. The largest absolute Gasteiger partial charge is 0.0830 e. The van der Waals surface area contributed by atoms with Gasteiger partial charge < -0.3 is 0 Å². The van der Waals surface area contributed by atoms with Crippen LogP contribution in [0.15, 0.2) is 115 Å². The van der Waals surface area contributed by atoms with E-state index in [1.54, 1.807) is 0 Å². The van der Waals surface area contributed by atoms with Crippen molar-refractivity contribution in [2.45, 2.75) is 57.8 Å². The number of benzene rings is 8. The summed E-state index contributed by atoms with van der Waals surface area (Å²) >= 11 is 0. The second-order valence-corrected chi connectivity index (χ2v) is 15.4. The average molecular weight is 603 g/mol. The molecule has 8 aromatic rings. The number of rotatable bonds is 0. The van der Waals surface area contributed by atoms with Gasteiger partial charge in [0.15, 0.2) is 0 Å². The van der Waals surface area contributed by atoms with Gasteiger partial charge in [0.25, 0.3) is 0 Å². The highest BCUT2D eigenvalue weighted by molar-refractivity contribution is 6.26. The van der Waals surface area contributed by atoms with Crippen LogP contribution in [-0.4, -0.2) is 0 Å². The summed E-state index contributed by atoms with van der Waals surface area (Å²) in [5.74, 6) is 0.256. The number of fused-ring (bicyclic) bond motifs is 10. The molecule has 2 aliphatic carbocycles. The molecule has 47 heavy (non-hydrogen) atoms. The van der Waals surface area contributed by atoms with Crippen LogP contribution in [0.25, 0.3) is 71.1 Å². The van der Waals surface area contributed by atoms with E-state index in [4.69, 9.17) is 0 Å². The van der Waals surface area contributed by atoms with E-state index in [1.807, 2.05) is 0 Å². The number of allylic oxidation sites excluding steroid dienone is 1. The Bertz CT molecular complexity index is 2640. The smallest absolute Gasteiger partial charge is 0.0159 e. The molecule has 2 aliphatic rings. The maximum absolute atomic E-state index is 2.62. The molecule has 0 aliphatic heterocycles. The lowest BCUT2D eigenvalue weighted by atomic mass is 9.73. The van der Waals surface area contributed by atoms with Gasteiger partial charge in [-0.2, -0.15) is 0 Å². The van der Waals surface area contributed by atoms with E-state index in [0.717, 1.165) is 6.42 Å². The molecule has 0 radical (unpaired) electrons. The Balaban J connectivity index is 1.25. The fourth-order valence-electron chi connectivity index (χ4n) is 9.46. The Labute approximate surface area is 276 Å². The Kier molecular flexibility index (Phi) is 5.27. The molecule has 0 saturated carbocycles. The van der Waals surface area contributed by atoms with Gasteiger partial charge in [-0.25, -0.2) is 0 Å². The van der Waals surface area contributed by atoms with Gasteiger partial charge >= 0.3 is 0 Å². The summed E-state index contributed by atoms with van der Waals surface area (Å²) in [6.45, 7) is 12.2. The van der Waals surface area contributed by atoms with Gasteiger partial charge in [-0.3, -0.25) is 0 Å². The van der Waals surface area contributed by atoms with Crippen LogP contribution in [0.1, 0.15) is 80.3 Å². The highest BCUT2D eigenvalue weighted by Crippen LogP contribution is 2.56. The van der Waals surface area contributed by atoms with Crippen LogP contribution in [0.4, 0.5) is 0 Å². The summed E-state index contributed by atoms with van der Waals surface area (Å²) in [6.07, 6.45) is 5.85. The molecule has 10 rings (SSSR count). The first-order valence-corrected chi connectivity index (χ1v) is 17.2. The van der Waals surface area contributed by atoms with Crippen LogP contribution in [0.5, 0.6) is 0 Å². The molecule has 226 valence electrons. The van der Waals surface area contributed by atoms with Crippen LogP contribution in [0.2, 0.25) is 0 Å². The quantitative estimate of drug-likeness (QED) is 0.151. The minimum absolute atomic E-state index is 0.0175. The Morgan fingerprint density at radius 3 is 2.09 bits per heavy atom. The summed E-state index contributed by atoms with van der Waals surface area (Å²) in [5.41, 5.74) is 11.4. The molecular formula is C47H38.